The molecule has 0 aromatic carbocycles. The van der Waals surface area contributed by atoms with Gasteiger partial charge >= 0.3 is 0 Å². The maximum absolute atomic E-state index is 8.46. The van der Waals surface area contributed by atoms with Crippen LogP contribution in [0.15, 0.2) is 0 Å². The molecule has 0 aliphatic rings. The van der Waals surface area contributed by atoms with Crippen molar-refractivity contribution in [3.63, 3.8) is 0 Å². The SMILES string of the molecule is CCN(CC)CCO.NCCN. The van der Waals surface area contributed by atoms with E-state index in [0.29, 0.717) is 13.1 Å². The first kappa shape index (κ1) is 14.4. The van der Waals surface area contributed by atoms with E-state index in [2.05, 4.69) is 18.7 Å². The zero-order valence-electron chi connectivity index (χ0n) is 8.29. The largest absolute Gasteiger partial charge is 0.395 e. The monoisotopic (exact) mass is 177 g/mol. The molecule has 0 aromatic rings. The second kappa shape index (κ2) is 13.4. The summed E-state index contributed by atoms with van der Waals surface area (Å²) in [6.45, 7) is 8.56. The van der Waals surface area contributed by atoms with Crippen LogP contribution in [0.1, 0.15) is 13.8 Å². The molecule has 0 fully saturated rings. The second-order valence-electron chi connectivity index (χ2n) is 2.33. The van der Waals surface area contributed by atoms with Crippen LogP contribution >= 0.6 is 0 Å². The predicted molar refractivity (Wildman–Crippen MR) is 53.0 cm³/mol. The Morgan fingerprint density at radius 1 is 1.08 bits per heavy atom. The lowest BCUT2D eigenvalue weighted by molar-refractivity contribution is 0.208. The smallest absolute Gasteiger partial charge is 0.0558 e. The summed E-state index contributed by atoms with van der Waals surface area (Å²) in [6, 6.07) is 0. The molecule has 0 saturated heterocycles. The minimum absolute atomic E-state index is 0.279. The molecule has 0 aliphatic heterocycles. The third-order valence-electron chi connectivity index (χ3n) is 1.48. The van der Waals surface area contributed by atoms with Gasteiger partial charge in [0.05, 0.1) is 6.61 Å². The molecule has 12 heavy (non-hydrogen) atoms. The zero-order chi connectivity index (χ0) is 9.82. The first-order valence-electron chi connectivity index (χ1n) is 4.50. The molecule has 0 bridgehead atoms. The maximum atomic E-state index is 8.46. The van der Waals surface area contributed by atoms with Gasteiger partial charge in [-0.25, -0.2) is 0 Å². The standard InChI is InChI=1S/C6H15NO.C2H8N2/c1-3-7(4-2)5-6-8;3-1-2-4/h8H,3-6H2,1-2H3;1-4H2. The highest BCUT2D eigenvalue weighted by Crippen LogP contribution is 1.82. The van der Waals surface area contributed by atoms with Crippen molar-refractivity contribution in [2.75, 3.05) is 39.3 Å². The van der Waals surface area contributed by atoms with Gasteiger partial charge in [-0.2, -0.15) is 0 Å². The molecule has 4 nitrogen and oxygen atoms in total. The maximum Gasteiger partial charge on any atom is 0.0558 e. The first-order chi connectivity index (χ1) is 5.76. The molecule has 0 atom stereocenters. The molecule has 0 rings (SSSR count). The molecular formula is C8H23N3O. The summed E-state index contributed by atoms with van der Waals surface area (Å²) in [5, 5.41) is 8.46. The molecule has 0 heterocycles. The number of likely N-dealkylation sites (N-methyl/N-ethyl adjacent to an activating group) is 1. The Morgan fingerprint density at radius 3 is 1.58 bits per heavy atom. The van der Waals surface area contributed by atoms with Crippen LogP contribution in [0.5, 0.6) is 0 Å². The summed E-state index contributed by atoms with van der Waals surface area (Å²) in [6.07, 6.45) is 0. The van der Waals surface area contributed by atoms with Crippen LogP contribution in [0.25, 0.3) is 0 Å². The highest BCUT2D eigenvalue weighted by atomic mass is 16.3. The average molecular weight is 177 g/mol. The normalized spacial score (nSPS) is 9.50. The molecule has 0 aliphatic carbocycles. The van der Waals surface area contributed by atoms with Gasteiger partial charge in [0.25, 0.3) is 0 Å². The van der Waals surface area contributed by atoms with E-state index in [0.717, 1.165) is 19.6 Å². The van der Waals surface area contributed by atoms with Gasteiger partial charge in [0.2, 0.25) is 0 Å². The number of aliphatic hydroxyl groups excluding tert-OH is 1. The lowest BCUT2D eigenvalue weighted by Gasteiger charge is -2.15. The van der Waals surface area contributed by atoms with Gasteiger partial charge < -0.3 is 21.5 Å². The second-order valence-corrected chi connectivity index (χ2v) is 2.33. The van der Waals surface area contributed by atoms with E-state index in [1.54, 1.807) is 0 Å². The molecule has 76 valence electrons. The molecule has 0 spiro atoms. The van der Waals surface area contributed by atoms with E-state index in [4.69, 9.17) is 16.6 Å². The van der Waals surface area contributed by atoms with E-state index in [-0.39, 0.29) is 6.61 Å². The van der Waals surface area contributed by atoms with Gasteiger partial charge in [0.15, 0.2) is 0 Å². The van der Waals surface area contributed by atoms with Crippen molar-refractivity contribution in [2.45, 2.75) is 13.8 Å². The molecule has 0 radical (unpaired) electrons. The Labute approximate surface area is 75.5 Å². The van der Waals surface area contributed by atoms with Crippen molar-refractivity contribution in [2.24, 2.45) is 11.5 Å². The fraction of sp³-hybridized carbons (Fsp3) is 1.00. The van der Waals surface area contributed by atoms with Gasteiger partial charge in [-0.1, -0.05) is 13.8 Å². The summed E-state index contributed by atoms with van der Waals surface area (Å²) < 4.78 is 0. The fourth-order valence-electron chi connectivity index (χ4n) is 0.681. The van der Waals surface area contributed by atoms with Gasteiger partial charge in [-0.3, -0.25) is 0 Å². The van der Waals surface area contributed by atoms with E-state index in [1.165, 1.54) is 0 Å². The average Bonchev–Trinajstić information content (AvgIpc) is 2.14. The quantitative estimate of drug-likeness (QED) is 0.515. The molecule has 4 heteroatoms. The molecule has 0 unspecified atom stereocenters. The van der Waals surface area contributed by atoms with Crippen LogP contribution < -0.4 is 11.5 Å². The minimum atomic E-state index is 0.279. The van der Waals surface area contributed by atoms with Gasteiger partial charge in [-0.05, 0) is 13.1 Å². The topological polar surface area (TPSA) is 75.5 Å². The van der Waals surface area contributed by atoms with Crippen molar-refractivity contribution in [3.05, 3.63) is 0 Å². The summed E-state index contributed by atoms with van der Waals surface area (Å²) >= 11 is 0. The van der Waals surface area contributed by atoms with Crippen molar-refractivity contribution in [1.82, 2.24) is 4.90 Å². The molecule has 0 amide bonds. The van der Waals surface area contributed by atoms with Gasteiger partial charge in [-0.15, -0.1) is 0 Å². The van der Waals surface area contributed by atoms with Crippen LogP contribution in [0, 0.1) is 0 Å². The highest BCUT2D eigenvalue weighted by molar-refractivity contribution is 4.47. The number of nitrogens with two attached hydrogens (primary N) is 2. The van der Waals surface area contributed by atoms with Crippen LogP contribution in [-0.2, 0) is 0 Å². The van der Waals surface area contributed by atoms with Gasteiger partial charge in [0.1, 0.15) is 0 Å². The Balaban J connectivity index is 0. The highest BCUT2D eigenvalue weighted by Gasteiger charge is 1.93. The third kappa shape index (κ3) is 12.5. The van der Waals surface area contributed by atoms with E-state index in [1.807, 2.05) is 0 Å². The van der Waals surface area contributed by atoms with Crippen molar-refractivity contribution >= 4 is 0 Å². The van der Waals surface area contributed by atoms with E-state index < -0.39 is 0 Å². The number of hydrogen-bond donors (Lipinski definition) is 3. The van der Waals surface area contributed by atoms with E-state index in [9.17, 15) is 0 Å². The third-order valence-corrected chi connectivity index (χ3v) is 1.48. The van der Waals surface area contributed by atoms with Crippen molar-refractivity contribution < 1.29 is 5.11 Å². The number of nitrogens with zero attached hydrogens (tertiary/aromatic N) is 1. The van der Waals surface area contributed by atoms with E-state index >= 15 is 0 Å². The Morgan fingerprint density at radius 2 is 1.50 bits per heavy atom. The lowest BCUT2D eigenvalue weighted by atomic mass is 10.5. The predicted octanol–water partition coefficient (Wildman–Crippen LogP) is -0.776. The fourth-order valence-corrected chi connectivity index (χ4v) is 0.681. The Bertz CT molecular complexity index is 65.3. The minimum Gasteiger partial charge on any atom is -0.395 e. The number of hydrogen-bond acceptors (Lipinski definition) is 4. The lowest BCUT2D eigenvalue weighted by Crippen LogP contribution is -2.25. The zero-order valence-corrected chi connectivity index (χ0v) is 8.29. The Kier molecular flexibility index (Phi) is 16.1. The van der Waals surface area contributed by atoms with Gasteiger partial charge in [0, 0.05) is 19.6 Å². The molecule has 0 aromatic heterocycles. The van der Waals surface area contributed by atoms with Crippen LogP contribution in [0.4, 0.5) is 0 Å². The Hall–Kier alpha value is -0.160. The van der Waals surface area contributed by atoms with Crippen LogP contribution in [0.3, 0.4) is 0 Å². The molecule has 5 N–H and O–H groups in total. The summed E-state index contributed by atoms with van der Waals surface area (Å²) in [4.78, 5) is 2.18. The number of aliphatic hydroxyl groups is 1. The first-order valence-corrected chi connectivity index (χ1v) is 4.50. The number of rotatable bonds is 5. The summed E-state index contributed by atoms with van der Waals surface area (Å²) in [7, 11) is 0. The van der Waals surface area contributed by atoms with Crippen LogP contribution in [-0.4, -0.2) is 49.3 Å². The summed E-state index contributed by atoms with van der Waals surface area (Å²) in [5.41, 5.74) is 9.81. The van der Waals surface area contributed by atoms with Crippen LogP contribution in [0.2, 0.25) is 0 Å². The van der Waals surface area contributed by atoms with Crippen molar-refractivity contribution in [1.29, 1.82) is 0 Å². The summed E-state index contributed by atoms with van der Waals surface area (Å²) in [5.74, 6) is 0. The van der Waals surface area contributed by atoms with Crippen molar-refractivity contribution in [3.8, 4) is 0 Å². The molecular weight excluding hydrogens is 154 g/mol. The molecule has 0 saturated carbocycles.